The number of likely N-dealkylation sites (tertiary alicyclic amines) is 1. The van der Waals surface area contributed by atoms with Crippen LogP contribution in [-0.2, 0) is 17.6 Å². The van der Waals surface area contributed by atoms with Crippen molar-refractivity contribution in [1.82, 2.24) is 14.9 Å². The molecular weight excluding hydrogens is 411 g/mol. The summed E-state index contributed by atoms with van der Waals surface area (Å²) >= 11 is 0. The van der Waals surface area contributed by atoms with Crippen molar-refractivity contribution in [2.24, 2.45) is 0 Å². The topological polar surface area (TPSA) is 64.6 Å². The Morgan fingerprint density at radius 3 is 2.48 bits per heavy atom. The van der Waals surface area contributed by atoms with Gasteiger partial charge in [-0.15, -0.1) is 13.2 Å². The molecule has 2 saturated heterocycles. The van der Waals surface area contributed by atoms with Gasteiger partial charge in [0, 0.05) is 12.7 Å². The smallest absolute Gasteiger partial charge is 0.406 e. The lowest BCUT2D eigenvalue weighted by atomic mass is 9.82. The van der Waals surface area contributed by atoms with Crippen LogP contribution in [0.2, 0.25) is 0 Å². The monoisotopic (exact) mass is 435 g/mol. The van der Waals surface area contributed by atoms with E-state index in [4.69, 9.17) is 4.74 Å². The summed E-state index contributed by atoms with van der Waals surface area (Å²) in [5.74, 6) is -0.303. The highest BCUT2D eigenvalue weighted by Gasteiger charge is 2.53. The van der Waals surface area contributed by atoms with Crippen LogP contribution >= 0.6 is 0 Å². The third-order valence-electron chi connectivity index (χ3n) is 5.84. The summed E-state index contributed by atoms with van der Waals surface area (Å²) in [6.45, 7) is 5.66. The van der Waals surface area contributed by atoms with Gasteiger partial charge in [-0.05, 0) is 48.4 Å². The molecule has 0 bridgehead atoms. The lowest BCUT2D eigenvalue weighted by Gasteiger charge is -2.57. The van der Waals surface area contributed by atoms with Crippen molar-refractivity contribution < 1.29 is 27.4 Å². The number of alkyl halides is 3. The van der Waals surface area contributed by atoms with Crippen LogP contribution in [0.15, 0.2) is 30.6 Å². The highest BCUT2D eigenvalue weighted by Crippen LogP contribution is 2.38. The van der Waals surface area contributed by atoms with Gasteiger partial charge in [-0.1, -0.05) is 19.9 Å². The molecule has 1 spiro atoms. The normalized spacial score (nSPS) is 17.4. The standard InChI is InChI=1S/C22H24F3N3O3/c1-14(2)16-7-15(8-18(9-16)31-22(23,24)25)3-4-17-10-27-19(11-26-17)20(29)28-6-5-21(28)12-30-13-21/h7-11,14H,3-6,12-13H2,1-2H3. The number of nitrogens with zero attached hydrogens (tertiary/aromatic N) is 3. The molecule has 3 heterocycles. The Labute approximate surface area is 178 Å². The third-order valence-corrected chi connectivity index (χ3v) is 5.84. The molecule has 2 aliphatic heterocycles. The van der Waals surface area contributed by atoms with Gasteiger partial charge in [-0.25, -0.2) is 4.98 Å². The van der Waals surface area contributed by atoms with E-state index in [1.807, 2.05) is 19.9 Å². The van der Waals surface area contributed by atoms with E-state index < -0.39 is 6.36 Å². The van der Waals surface area contributed by atoms with Crippen LogP contribution < -0.4 is 4.74 Å². The fraction of sp³-hybridized carbons (Fsp3) is 0.500. The summed E-state index contributed by atoms with van der Waals surface area (Å²) in [6, 6.07) is 4.69. The summed E-state index contributed by atoms with van der Waals surface area (Å²) < 4.78 is 47.3. The zero-order valence-electron chi connectivity index (χ0n) is 17.4. The van der Waals surface area contributed by atoms with E-state index in [0.717, 1.165) is 17.5 Å². The second-order valence-electron chi connectivity index (χ2n) is 8.43. The molecule has 4 rings (SSSR count). The number of ether oxygens (including phenoxy) is 2. The maximum atomic E-state index is 12.6. The summed E-state index contributed by atoms with van der Waals surface area (Å²) in [5, 5.41) is 0. The van der Waals surface area contributed by atoms with E-state index in [-0.39, 0.29) is 28.8 Å². The highest BCUT2D eigenvalue weighted by atomic mass is 19.4. The number of benzene rings is 1. The number of amides is 1. The van der Waals surface area contributed by atoms with Crippen LogP contribution in [0.3, 0.4) is 0 Å². The van der Waals surface area contributed by atoms with E-state index in [2.05, 4.69) is 14.7 Å². The molecule has 1 aromatic heterocycles. The first kappa shape index (κ1) is 21.5. The van der Waals surface area contributed by atoms with Crippen LogP contribution in [-0.4, -0.2) is 52.4 Å². The number of aryl methyl sites for hydroxylation is 2. The highest BCUT2D eigenvalue weighted by molar-refractivity contribution is 5.93. The maximum Gasteiger partial charge on any atom is 0.573 e. The Morgan fingerprint density at radius 1 is 1.19 bits per heavy atom. The van der Waals surface area contributed by atoms with Gasteiger partial charge in [-0.3, -0.25) is 9.78 Å². The molecular formula is C22H24F3N3O3. The Hall–Kier alpha value is -2.68. The molecule has 31 heavy (non-hydrogen) atoms. The van der Waals surface area contributed by atoms with Crippen molar-refractivity contribution in [3.8, 4) is 5.75 Å². The van der Waals surface area contributed by atoms with E-state index in [0.29, 0.717) is 38.3 Å². The molecule has 2 fully saturated rings. The first-order valence-electron chi connectivity index (χ1n) is 10.3. The minimum absolute atomic E-state index is 0.0616. The second kappa shape index (κ2) is 8.11. The van der Waals surface area contributed by atoms with Crippen molar-refractivity contribution in [2.75, 3.05) is 19.8 Å². The Bertz CT molecular complexity index is 951. The lowest BCUT2D eigenvalue weighted by Crippen LogP contribution is -2.72. The number of carbonyl (C=O) groups excluding carboxylic acids is 1. The first-order valence-corrected chi connectivity index (χ1v) is 10.3. The molecule has 166 valence electrons. The number of hydrogen-bond donors (Lipinski definition) is 0. The van der Waals surface area contributed by atoms with Crippen molar-refractivity contribution in [2.45, 2.75) is 50.9 Å². The van der Waals surface area contributed by atoms with Gasteiger partial charge in [0.25, 0.3) is 5.91 Å². The predicted molar refractivity (Wildman–Crippen MR) is 106 cm³/mol. The van der Waals surface area contributed by atoms with E-state index >= 15 is 0 Å². The molecule has 0 saturated carbocycles. The van der Waals surface area contributed by atoms with E-state index in [1.54, 1.807) is 11.1 Å². The molecule has 1 amide bonds. The van der Waals surface area contributed by atoms with Crippen molar-refractivity contribution in [3.63, 3.8) is 0 Å². The molecule has 1 aromatic carbocycles. The molecule has 2 aromatic rings. The van der Waals surface area contributed by atoms with Crippen LogP contribution in [0.25, 0.3) is 0 Å². The lowest BCUT2D eigenvalue weighted by molar-refractivity contribution is -0.274. The van der Waals surface area contributed by atoms with Crippen LogP contribution in [0.1, 0.15) is 53.5 Å². The Morgan fingerprint density at radius 2 is 1.97 bits per heavy atom. The molecule has 0 atom stereocenters. The zero-order chi connectivity index (χ0) is 22.2. The fourth-order valence-corrected chi connectivity index (χ4v) is 3.86. The largest absolute Gasteiger partial charge is 0.573 e. The molecule has 0 N–H and O–H groups in total. The third kappa shape index (κ3) is 4.66. The van der Waals surface area contributed by atoms with Gasteiger partial charge in [0.1, 0.15) is 11.4 Å². The second-order valence-corrected chi connectivity index (χ2v) is 8.43. The van der Waals surface area contributed by atoms with Gasteiger partial charge in [-0.2, -0.15) is 0 Å². The number of rotatable bonds is 6. The van der Waals surface area contributed by atoms with Gasteiger partial charge >= 0.3 is 6.36 Å². The van der Waals surface area contributed by atoms with E-state index in [9.17, 15) is 18.0 Å². The average molecular weight is 435 g/mol. The van der Waals surface area contributed by atoms with Crippen LogP contribution in [0.4, 0.5) is 13.2 Å². The van der Waals surface area contributed by atoms with Gasteiger partial charge in [0.2, 0.25) is 0 Å². The van der Waals surface area contributed by atoms with Crippen molar-refractivity contribution in [1.29, 1.82) is 0 Å². The van der Waals surface area contributed by atoms with Gasteiger partial charge in [0.05, 0.1) is 30.6 Å². The summed E-state index contributed by atoms with van der Waals surface area (Å²) in [6.07, 6.45) is 0.183. The first-order chi connectivity index (χ1) is 14.7. The molecule has 9 heteroatoms. The quantitative estimate of drug-likeness (QED) is 0.689. The predicted octanol–water partition coefficient (Wildman–Crippen LogP) is 3.90. The van der Waals surface area contributed by atoms with Crippen molar-refractivity contribution in [3.05, 3.63) is 53.1 Å². The zero-order valence-corrected chi connectivity index (χ0v) is 17.4. The van der Waals surface area contributed by atoms with Crippen LogP contribution in [0, 0.1) is 0 Å². The Balaban J connectivity index is 1.41. The maximum absolute atomic E-state index is 12.6. The van der Waals surface area contributed by atoms with Gasteiger partial charge < -0.3 is 14.4 Å². The summed E-state index contributed by atoms with van der Waals surface area (Å²) in [5.41, 5.74) is 2.29. The number of aromatic nitrogens is 2. The molecule has 0 radical (unpaired) electrons. The number of hydrogen-bond acceptors (Lipinski definition) is 5. The molecule has 0 aliphatic carbocycles. The molecule has 6 nitrogen and oxygen atoms in total. The molecule has 2 aliphatic rings. The van der Waals surface area contributed by atoms with Crippen molar-refractivity contribution >= 4 is 5.91 Å². The number of carbonyl (C=O) groups is 1. The SMILES string of the molecule is CC(C)c1cc(CCc2cnc(C(=O)N3CCC34COC4)cn2)cc(OC(F)(F)F)c1. The minimum Gasteiger partial charge on any atom is -0.406 e. The summed E-state index contributed by atoms with van der Waals surface area (Å²) in [4.78, 5) is 23.0. The summed E-state index contributed by atoms with van der Waals surface area (Å²) in [7, 11) is 0. The fourth-order valence-electron chi connectivity index (χ4n) is 3.86. The Kier molecular flexibility index (Phi) is 5.63. The van der Waals surface area contributed by atoms with Gasteiger partial charge in [0.15, 0.2) is 0 Å². The number of halogens is 3. The minimum atomic E-state index is -4.73. The average Bonchev–Trinajstić information content (AvgIpc) is 2.63. The van der Waals surface area contributed by atoms with E-state index in [1.165, 1.54) is 18.3 Å². The van der Waals surface area contributed by atoms with Crippen LogP contribution in [0.5, 0.6) is 5.75 Å². The molecule has 0 unspecified atom stereocenters.